The molecule has 130 valence electrons. The molecule has 1 heterocycles. The quantitative estimate of drug-likeness (QED) is 0.809. The maximum atomic E-state index is 9.50. The van der Waals surface area contributed by atoms with E-state index in [1.54, 1.807) is 25.1 Å². The highest BCUT2D eigenvalue weighted by Gasteiger charge is 2.11. The van der Waals surface area contributed by atoms with Crippen LogP contribution in [0.25, 0.3) is 11.6 Å². The Kier molecular flexibility index (Phi) is 5.90. The molecule has 0 fully saturated rings. The van der Waals surface area contributed by atoms with Gasteiger partial charge < -0.3 is 15.5 Å². The fourth-order valence-corrected chi connectivity index (χ4v) is 2.38. The first-order valence-electron chi connectivity index (χ1n) is 8.14. The van der Waals surface area contributed by atoms with Gasteiger partial charge in [0, 0.05) is 32.9 Å². The fourth-order valence-electron chi connectivity index (χ4n) is 2.38. The first-order valence-corrected chi connectivity index (χ1v) is 8.14. The van der Waals surface area contributed by atoms with Gasteiger partial charge in [0.2, 0.25) is 11.9 Å². The maximum Gasteiger partial charge on any atom is 0.230 e. The number of nitrogens with two attached hydrogens (primary N) is 1. The number of nitrogen functional groups attached to an aromatic ring is 1. The van der Waals surface area contributed by atoms with Crippen molar-refractivity contribution in [2.75, 3.05) is 42.7 Å². The van der Waals surface area contributed by atoms with Crippen molar-refractivity contribution in [2.45, 2.75) is 13.8 Å². The van der Waals surface area contributed by atoms with Crippen LogP contribution in [0.4, 0.5) is 17.6 Å². The van der Waals surface area contributed by atoms with E-state index in [1.807, 2.05) is 24.3 Å². The third-order valence-electron chi connectivity index (χ3n) is 3.73. The van der Waals surface area contributed by atoms with E-state index in [4.69, 9.17) is 5.73 Å². The molecule has 0 radical (unpaired) electrons. The van der Waals surface area contributed by atoms with Gasteiger partial charge >= 0.3 is 0 Å². The summed E-state index contributed by atoms with van der Waals surface area (Å²) >= 11 is 0. The van der Waals surface area contributed by atoms with Gasteiger partial charge in [0.15, 0.2) is 5.82 Å². The van der Waals surface area contributed by atoms with E-state index in [0.717, 1.165) is 24.3 Å². The highest BCUT2D eigenvalue weighted by molar-refractivity contribution is 5.87. The molecule has 7 heteroatoms. The van der Waals surface area contributed by atoms with E-state index >= 15 is 0 Å². The van der Waals surface area contributed by atoms with E-state index in [2.05, 4.69) is 39.8 Å². The predicted molar refractivity (Wildman–Crippen MR) is 102 cm³/mol. The fraction of sp³-hybridized carbons (Fsp3) is 0.333. The monoisotopic (exact) mass is 337 g/mol. The lowest BCUT2D eigenvalue weighted by atomic mass is 10.1. The van der Waals surface area contributed by atoms with E-state index in [0.29, 0.717) is 11.5 Å². The molecule has 0 spiro atoms. The number of rotatable bonds is 6. The van der Waals surface area contributed by atoms with Crippen molar-refractivity contribution >= 4 is 29.2 Å². The van der Waals surface area contributed by atoms with Crippen molar-refractivity contribution in [3.05, 3.63) is 35.7 Å². The minimum absolute atomic E-state index is 0.0896. The summed E-state index contributed by atoms with van der Waals surface area (Å²) in [4.78, 5) is 16.4. The number of nitriles is 1. The van der Waals surface area contributed by atoms with Crippen molar-refractivity contribution < 1.29 is 0 Å². The Morgan fingerprint density at radius 3 is 2.28 bits per heavy atom. The second-order valence-corrected chi connectivity index (χ2v) is 5.65. The van der Waals surface area contributed by atoms with Gasteiger partial charge in [0.05, 0.1) is 5.57 Å². The summed E-state index contributed by atoms with van der Waals surface area (Å²) in [6.45, 7) is 6.15. The Balaban J connectivity index is 2.36. The molecule has 0 aliphatic rings. The molecule has 0 bridgehead atoms. The molecule has 1 aromatic carbocycles. The van der Waals surface area contributed by atoms with Gasteiger partial charge in [-0.15, -0.1) is 0 Å². The van der Waals surface area contributed by atoms with Crippen LogP contribution in [0.15, 0.2) is 24.3 Å². The molecule has 0 saturated carbocycles. The van der Waals surface area contributed by atoms with Gasteiger partial charge in [-0.25, -0.2) is 0 Å². The third-order valence-corrected chi connectivity index (χ3v) is 3.73. The molecule has 0 amide bonds. The first-order chi connectivity index (χ1) is 12.0. The molecule has 7 nitrogen and oxygen atoms in total. The number of anilines is 3. The van der Waals surface area contributed by atoms with E-state index in [-0.39, 0.29) is 11.8 Å². The molecule has 2 N–H and O–H groups in total. The van der Waals surface area contributed by atoms with Crippen LogP contribution in [0.3, 0.4) is 0 Å². The minimum atomic E-state index is 0.0896. The Morgan fingerprint density at radius 2 is 1.76 bits per heavy atom. The number of aromatic nitrogens is 3. The smallest absolute Gasteiger partial charge is 0.230 e. The molecule has 0 saturated heterocycles. The standard InChI is InChI=1S/C18H23N7/c1-5-25(6-2)15-9-7-13(8-10-15)11-14(12-19)16-21-17(20)23-18(22-16)24(3)4/h7-11H,5-6H2,1-4H3,(H2,20,21,22,23). The Morgan fingerprint density at radius 1 is 1.12 bits per heavy atom. The summed E-state index contributed by atoms with van der Waals surface area (Å²) in [6, 6.07) is 10.2. The summed E-state index contributed by atoms with van der Waals surface area (Å²) < 4.78 is 0. The van der Waals surface area contributed by atoms with E-state index in [9.17, 15) is 5.26 Å². The predicted octanol–water partition coefficient (Wildman–Crippen LogP) is 2.43. The zero-order valence-corrected chi connectivity index (χ0v) is 15.1. The zero-order chi connectivity index (χ0) is 18.4. The van der Waals surface area contributed by atoms with Gasteiger partial charge in [0.25, 0.3) is 0 Å². The largest absolute Gasteiger partial charge is 0.372 e. The lowest BCUT2D eigenvalue weighted by Crippen LogP contribution is -2.21. The van der Waals surface area contributed by atoms with Crippen molar-refractivity contribution in [3.8, 4) is 6.07 Å². The number of hydrogen-bond acceptors (Lipinski definition) is 7. The first kappa shape index (κ1) is 18.2. The van der Waals surface area contributed by atoms with Crippen LogP contribution in [-0.4, -0.2) is 42.1 Å². The van der Waals surface area contributed by atoms with Gasteiger partial charge in [-0.3, -0.25) is 0 Å². The van der Waals surface area contributed by atoms with Crippen LogP contribution in [0, 0.1) is 11.3 Å². The number of hydrogen-bond donors (Lipinski definition) is 1. The molecule has 2 aromatic rings. The number of nitrogens with zero attached hydrogens (tertiary/aromatic N) is 6. The van der Waals surface area contributed by atoms with Crippen molar-refractivity contribution in [2.24, 2.45) is 0 Å². The molecular weight excluding hydrogens is 314 g/mol. The molecular formula is C18H23N7. The van der Waals surface area contributed by atoms with Crippen LogP contribution in [-0.2, 0) is 0 Å². The molecule has 1 aromatic heterocycles. The second kappa shape index (κ2) is 8.11. The number of allylic oxidation sites excluding steroid dienone is 1. The average Bonchev–Trinajstić information content (AvgIpc) is 2.61. The van der Waals surface area contributed by atoms with Crippen LogP contribution >= 0.6 is 0 Å². The molecule has 0 atom stereocenters. The summed E-state index contributed by atoms with van der Waals surface area (Å²) in [5, 5.41) is 9.50. The summed E-state index contributed by atoms with van der Waals surface area (Å²) in [5.41, 5.74) is 8.13. The highest BCUT2D eigenvalue weighted by atomic mass is 15.3. The molecule has 0 aliphatic carbocycles. The van der Waals surface area contributed by atoms with Crippen LogP contribution in [0.2, 0.25) is 0 Å². The highest BCUT2D eigenvalue weighted by Crippen LogP contribution is 2.20. The van der Waals surface area contributed by atoms with E-state index < -0.39 is 0 Å². The van der Waals surface area contributed by atoms with Crippen LogP contribution in [0.1, 0.15) is 25.2 Å². The van der Waals surface area contributed by atoms with Crippen LogP contribution < -0.4 is 15.5 Å². The molecule has 2 rings (SSSR count). The second-order valence-electron chi connectivity index (χ2n) is 5.65. The van der Waals surface area contributed by atoms with E-state index in [1.165, 1.54) is 0 Å². The summed E-state index contributed by atoms with van der Waals surface area (Å²) in [7, 11) is 3.61. The Hall–Kier alpha value is -3.14. The summed E-state index contributed by atoms with van der Waals surface area (Å²) in [5.74, 6) is 0.777. The molecule has 0 aliphatic heterocycles. The topological polar surface area (TPSA) is 95.0 Å². The van der Waals surface area contributed by atoms with Gasteiger partial charge in [0.1, 0.15) is 6.07 Å². The van der Waals surface area contributed by atoms with Crippen molar-refractivity contribution in [1.82, 2.24) is 15.0 Å². The normalized spacial score (nSPS) is 11.1. The Labute approximate surface area is 148 Å². The number of benzene rings is 1. The maximum absolute atomic E-state index is 9.50. The van der Waals surface area contributed by atoms with Gasteiger partial charge in [-0.05, 0) is 37.6 Å². The zero-order valence-electron chi connectivity index (χ0n) is 15.1. The van der Waals surface area contributed by atoms with Crippen molar-refractivity contribution in [3.63, 3.8) is 0 Å². The Bertz CT molecular complexity index is 784. The lowest BCUT2D eigenvalue weighted by Gasteiger charge is -2.20. The SMILES string of the molecule is CCN(CC)c1ccc(C=C(C#N)c2nc(N)nc(N(C)C)n2)cc1. The third kappa shape index (κ3) is 4.44. The molecule has 0 unspecified atom stereocenters. The van der Waals surface area contributed by atoms with Crippen LogP contribution in [0.5, 0.6) is 0 Å². The average molecular weight is 337 g/mol. The van der Waals surface area contributed by atoms with Gasteiger partial charge in [-0.1, -0.05) is 12.1 Å². The minimum Gasteiger partial charge on any atom is -0.372 e. The summed E-state index contributed by atoms with van der Waals surface area (Å²) in [6.07, 6.45) is 1.75. The van der Waals surface area contributed by atoms with Crippen molar-refractivity contribution in [1.29, 1.82) is 5.26 Å². The van der Waals surface area contributed by atoms with Gasteiger partial charge in [-0.2, -0.15) is 20.2 Å². The molecule has 25 heavy (non-hydrogen) atoms. The lowest BCUT2D eigenvalue weighted by molar-refractivity contribution is 0.866.